The summed E-state index contributed by atoms with van der Waals surface area (Å²) in [5.41, 5.74) is 7.34. The maximum absolute atomic E-state index is 11.1. The van der Waals surface area contributed by atoms with Gasteiger partial charge in [-0.25, -0.2) is 9.78 Å². The summed E-state index contributed by atoms with van der Waals surface area (Å²) in [7, 11) is 1.44. The van der Waals surface area contributed by atoms with Gasteiger partial charge in [0.25, 0.3) is 0 Å². The zero-order valence-corrected chi connectivity index (χ0v) is 15.6. The van der Waals surface area contributed by atoms with Gasteiger partial charge in [-0.05, 0) is 43.5 Å². The molecule has 0 aliphatic rings. The number of nitrogens with two attached hydrogens (primary N) is 1. The van der Waals surface area contributed by atoms with Crippen LogP contribution in [0.3, 0.4) is 0 Å². The van der Waals surface area contributed by atoms with Gasteiger partial charge < -0.3 is 15.6 Å². The van der Waals surface area contributed by atoms with E-state index in [-0.39, 0.29) is 0 Å². The fourth-order valence-electron chi connectivity index (χ4n) is 2.74. The monoisotopic (exact) mass is 358 g/mol. The summed E-state index contributed by atoms with van der Waals surface area (Å²) in [5.74, 6) is 1.48. The van der Waals surface area contributed by atoms with Gasteiger partial charge in [0.05, 0.1) is 11.9 Å². The van der Waals surface area contributed by atoms with Crippen LogP contribution in [0.2, 0.25) is 0 Å². The standard InChI is InChI=1S/C19H26N4O3/c1-13(2)10-19(3,20)12-26-15-5-6-16(22-11-15)14-7-8-21-17(9-14)23(4)18(24)25/h5-9,11,13H,10,12,20H2,1-4H3,(H,24,25). The van der Waals surface area contributed by atoms with Gasteiger partial charge in [0.2, 0.25) is 0 Å². The van der Waals surface area contributed by atoms with E-state index in [4.69, 9.17) is 15.6 Å². The predicted molar refractivity (Wildman–Crippen MR) is 101 cm³/mol. The van der Waals surface area contributed by atoms with E-state index in [2.05, 4.69) is 23.8 Å². The van der Waals surface area contributed by atoms with Crippen LogP contribution in [0.5, 0.6) is 5.75 Å². The molecule has 0 aromatic carbocycles. The number of pyridine rings is 2. The van der Waals surface area contributed by atoms with Crippen molar-refractivity contribution < 1.29 is 14.6 Å². The summed E-state index contributed by atoms with van der Waals surface area (Å²) in [6.07, 6.45) is 3.00. The smallest absolute Gasteiger partial charge is 0.412 e. The zero-order valence-electron chi connectivity index (χ0n) is 15.6. The molecule has 26 heavy (non-hydrogen) atoms. The second kappa shape index (κ2) is 8.14. The van der Waals surface area contributed by atoms with E-state index in [1.807, 2.05) is 19.1 Å². The lowest BCUT2D eigenvalue weighted by Crippen LogP contribution is -2.43. The second-order valence-corrected chi connectivity index (χ2v) is 7.16. The molecule has 0 spiro atoms. The highest BCUT2D eigenvalue weighted by atomic mass is 16.5. The molecule has 0 saturated carbocycles. The van der Waals surface area contributed by atoms with Gasteiger partial charge >= 0.3 is 6.09 Å². The van der Waals surface area contributed by atoms with Crippen molar-refractivity contribution in [2.75, 3.05) is 18.6 Å². The molecule has 0 radical (unpaired) electrons. The van der Waals surface area contributed by atoms with E-state index in [9.17, 15) is 4.79 Å². The SMILES string of the molecule is CC(C)CC(C)(N)COc1ccc(-c2ccnc(N(C)C(=O)O)c2)nc1. The van der Waals surface area contributed by atoms with Gasteiger partial charge in [0.1, 0.15) is 18.2 Å². The van der Waals surface area contributed by atoms with Crippen molar-refractivity contribution >= 4 is 11.9 Å². The van der Waals surface area contributed by atoms with E-state index in [0.717, 1.165) is 16.9 Å². The molecule has 3 N–H and O–H groups in total. The Morgan fingerprint density at radius 2 is 2.08 bits per heavy atom. The molecule has 7 heteroatoms. The Bertz CT molecular complexity index is 745. The number of nitrogens with zero attached hydrogens (tertiary/aromatic N) is 3. The van der Waals surface area contributed by atoms with Crippen LogP contribution in [0, 0.1) is 5.92 Å². The largest absolute Gasteiger partial charge is 0.490 e. The van der Waals surface area contributed by atoms with Crippen molar-refractivity contribution in [3.05, 3.63) is 36.7 Å². The molecule has 2 heterocycles. The fraction of sp³-hybridized carbons (Fsp3) is 0.421. The number of hydrogen-bond acceptors (Lipinski definition) is 5. The summed E-state index contributed by atoms with van der Waals surface area (Å²) >= 11 is 0. The number of anilines is 1. The molecule has 1 amide bonds. The van der Waals surface area contributed by atoms with Gasteiger partial charge in [0, 0.05) is 24.3 Å². The first-order valence-electron chi connectivity index (χ1n) is 8.49. The molecule has 2 rings (SSSR count). The second-order valence-electron chi connectivity index (χ2n) is 7.16. The zero-order chi connectivity index (χ0) is 19.3. The Morgan fingerprint density at radius 3 is 2.65 bits per heavy atom. The van der Waals surface area contributed by atoms with Crippen LogP contribution in [0.15, 0.2) is 36.7 Å². The Balaban J connectivity index is 2.08. The lowest BCUT2D eigenvalue weighted by Gasteiger charge is -2.26. The summed E-state index contributed by atoms with van der Waals surface area (Å²) in [5, 5.41) is 9.06. The summed E-state index contributed by atoms with van der Waals surface area (Å²) in [6.45, 7) is 6.65. The average molecular weight is 358 g/mol. The van der Waals surface area contributed by atoms with Crippen molar-refractivity contribution in [3.63, 3.8) is 0 Å². The van der Waals surface area contributed by atoms with Crippen LogP contribution in [0.4, 0.5) is 10.6 Å². The van der Waals surface area contributed by atoms with E-state index in [1.54, 1.807) is 24.5 Å². The normalized spacial score (nSPS) is 13.3. The number of hydrogen-bond donors (Lipinski definition) is 2. The lowest BCUT2D eigenvalue weighted by molar-refractivity contribution is 0.203. The van der Waals surface area contributed by atoms with E-state index in [0.29, 0.717) is 29.8 Å². The van der Waals surface area contributed by atoms with Crippen LogP contribution in [0.1, 0.15) is 27.2 Å². The summed E-state index contributed by atoms with van der Waals surface area (Å²) in [6, 6.07) is 7.11. The maximum atomic E-state index is 11.1. The highest BCUT2D eigenvalue weighted by Gasteiger charge is 2.21. The van der Waals surface area contributed by atoms with Gasteiger partial charge in [-0.15, -0.1) is 0 Å². The molecule has 1 unspecified atom stereocenters. The minimum absolute atomic E-state index is 0.338. The fourth-order valence-corrected chi connectivity index (χ4v) is 2.74. The Labute approximate surface area is 153 Å². The molecule has 7 nitrogen and oxygen atoms in total. The molecular weight excluding hydrogens is 332 g/mol. The molecule has 0 bridgehead atoms. The van der Waals surface area contributed by atoms with Crippen molar-refractivity contribution in [2.24, 2.45) is 11.7 Å². The molecule has 0 fully saturated rings. The number of amides is 1. The third-order valence-corrected chi connectivity index (χ3v) is 3.85. The third kappa shape index (κ3) is 5.42. The molecule has 140 valence electrons. The lowest BCUT2D eigenvalue weighted by atomic mass is 9.93. The topological polar surface area (TPSA) is 102 Å². The van der Waals surface area contributed by atoms with E-state index in [1.165, 1.54) is 7.05 Å². The van der Waals surface area contributed by atoms with Crippen molar-refractivity contribution in [3.8, 4) is 17.0 Å². The maximum Gasteiger partial charge on any atom is 0.412 e. The first kappa shape index (κ1) is 19.7. The molecule has 0 aliphatic carbocycles. The van der Waals surface area contributed by atoms with E-state index < -0.39 is 11.6 Å². The van der Waals surface area contributed by atoms with Crippen molar-refractivity contribution in [1.82, 2.24) is 9.97 Å². The van der Waals surface area contributed by atoms with Gasteiger partial charge in [0.15, 0.2) is 0 Å². The van der Waals surface area contributed by atoms with Gasteiger partial charge in [-0.3, -0.25) is 9.88 Å². The van der Waals surface area contributed by atoms with Crippen LogP contribution in [0.25, 0.3) is 11.3 Å². The number of rotatable bonds is 7. The Hall–Kier alpha value is -2.67. The van der Waals surface area contributed by atoms with Crippen LogP contribution < -0.4 is 15.4 Å². The van der Waals surface area contributed by atoms with Crippen LogP contribution in [-0.2, 0) is 0 Å². The molecule has 0 saturated heterocycles. The molecule has 1 atom stereocenters. The molecule has 0 aliphatic heterocycles. The summed E-state index contributed by atoms with van der Waals surface area (Å²) in [4.78, 5) is 20.6. The minimum Gasteiger partial charge on any atom is -0.490 e. The van der Waals surface area contributed by atoms with Crippen molar-refractivity contribution in [2.45, 2.75) is 32.7 Å². The Kier molecular flexibility index (Phi) is 6.15. The highest BCUT2D eigenvalue weighted by molar-refractivity contribution is 5.84. The number of carbonyl (C=O) groups is 1. The first-order chi connectivity index (χ1) is 12.2. The molecule has 2 aromatic rings. The third-order valence-electron chi connectivity index (χ3n) is 3.85. The minimum atomic E-state index is -1.07. The number of aromatic nitrogens is 2. The van der Waals surface area contributed by atoms with E-state index >= 15 is 0 Å². The number of carboxylic acid groups (broad SMARTS) is 1. The van der Waals surface area contributed by atoms with Crippen LogP contribution in [-0.4, -0.2) is 40.4 Å². The van der Waals surface area contributed by atoms with Gasteiger partial charge in [-0.1, -0.05) is 13.8 Å². The first-order valence-corrected chi connectivity index (χ1v) is 8.49. The molecule has 2 aromatic heterocycles. The average Bonchev–Trinajstić information content (AvgIpc) is 2.59. The van der Waals surface area contributed by atoms with Crippen molar-refractivity contribution in [1.29, 1.82) is 0 Å². The molecular formula is C19H26N4O3. The highest BCUT2D eigenvalue weighted by Crippen LogP contribution is 2.23. The quantitative estimate of drug-likeness (QED) is 0.786. The number of ether oxygens (including phenoxy) is 1. The van der Waals surface area contributed by atoms with Crippen LogP contribution >= 0.6 is 0 Å². The Morgan fingerprint density at radius 1 is 1.35 bits per heavy atom. The summed E-state index contributed by atoms with van der Waals surface area (Å²) < 4.78 is 5.77. The predicted octanol–water partition coefficient (Wildman–Crippen LogP) is 3.40. The van der Waals surface area contributed by atoms with Gasteiger partial charge in [-0.2, -0.15) is 0 Å².